The van der Waals surface area contributed by atoms with Crippen LogP contribution >= 0.6 is 0 Å². The van der Waals surface area contributed by atoms with Gasteiger partial charge in [-0.15, -0.1) is 0 Å². The molecule has 1 fully saturated rings. The summed E-state index contributed by atoms with van der Waals surface area (Å²) in [5, 5.41) is 3.44. The van der Waals surface area contributed by atoms with Crippen LogP contribution in [-0.2, 0) is 4.79 Å². The predicted molar refractivity (Wildman–Crippen MR) is 98.6 cm³/mol. The Labute approximate surface area is 144 Å². The number of carbonyl (C=O) groups excluding carboxylic acids is 1. The number of Topliss-reactive ketones (excluding diaryl/α,β-unsaturated/α-hetero) is 1. The van der Waals surface area contributed by atoms with Crippen LogP contribution in [0.15, 0.2) is 40.3 Å². The van der Waals surface area contributed by atoms with Crippen LogP contribution in [0, 0.1) is 11.3 Å². The van der Waals surface area contributed by atoms with Gasteiger partial charge in [0, 0.05) is 19.0 Å². The average molecular weight is 325 g/mol. The highest BCUT2D eigenvalue weighted by molar-refractivity contribution is 6.19. The van der Waals surface area contributed by atoms with Crippen molar-refractivity contribution in [1.29, 1.82) is 0 Å². The number of benzene rings is 1. The SMILES string of the molecule is CCCCN=C1N=C(c2ccccc2)C2C(=O)CC(C)(C)CC2N1. The second-order valence-corrected chi connectivity index (χ2v) is 7.66. The largest absolute Gasteiger partial charge is 0.351 e. The first kappa shape index (κ1) is 16.9. The summed E-state index contributed by atoms with van der Waals surface area (Å²) in [7, 11) is 0. The van der Waals surface area contributed by atoms with Crippen LogP contribution in [-0.4, -0.2) is 30.0 Å². The van der Waals surface area contributed by atoms with Crippen molar-refractivity contribution < 1.29 is 4.79 Å². The van der Waals surface area contributed by atoms with Crippen LogP contribution in [0.3, 0.4) is 0 Å². The zero-order chi connectivity index (χ0) is 17.2. The van der Waals surface area contributed by atoms with Gasteiger partial charge in [0.1, 0.15) is 5.78 Å². The Kier molecular flexibility index (Phi) is 4.83. The van der Waals surface area contributed by atoms with Gasteiger partial charge in [0.2, 0.25) is 5.96 Å². The van der Waals surface area contributed by atoms with Crippen LogP contribution in [0.1, 0.15) is 52.0 Å². The van der Waals surface area contributed by atoms with Crippen molar-refractivity contribution in [3.05, 3.63) is 35.9 Å². The highest BCUT2D eigenvalue weighted by Gasteiger charge is 2.45. The average Bonchev–Trinajstić information content (AvgIpc) is 2.54. The lowest BCUT2D eigenvalue weighted by Crippen LogP contribution is -2.56. The highest BCUT2D eigenvalue weighted by atomic mass is 16.1. The minimum atomic E-state index is -0.162. The van der Waals surface area contributed by atoms with Gasteiger partial charge in [-0.2, -0.15) is 0 Å². The number of hydrogen-bond donors (Lipinski definition) is 1. The number of hydrogen-bond acceptors (Lipinski definition) is 2. The number of fused-ring (bicyclic) bond motifs is 1. The summed E-state index contributed by atoms with van der Waals surface area (Å²) in [5.41, 5.74) is 1.94. The molecule has 0 saturated heterocycles. The quantitative estimate of drug-likeness (QED) is 0.860. The van der Waals surface area contributed by atoms with Gasteiger partial charge in [0.15, 0.2) is 0 Å². The molecule has 128 valence electrons. The van der Waals surface area contributed by atoms with E-state index in [2.05, 4.69) is 31.1 Å². The van der Waals surface area contributed by atoms with Gasteiger partial charge >= 0.3 is 0 Å². The van der Waals surface area contributed by atoms with Crippen molar-refractivity contribution in [2.45, 2.75) is 52.5 Å². The molecule has 1 aromatic rings. The standard InChI is InChI=1S/C20H27N3O/c1-4-5-11-21-19-22-15-12-20(2,3)13-16(24)17(15)18(23-19)14-9-7-6-8-10-14/h6-10,15,17H,4-5,11-13H2,1-3H3,(H,21,22). The molecule has 2 atom stereocenters. The van der Waals surface area contributed by atoms with E-state index in [-0.39, 0.29) is 17.4 Å². The van der Waals surface area contributed by atoms with Gasteiger partial charge in [-0.3, -0.25) is 9.79 Å². The zero-order valence-electron chi connectivity index (χ0n) is 14.9. The lowest BCUT2D eigenvalue weighted by atomic mass is 9.67. The molecule has 0 spiro atoms. The van der Waals surface area contributed by atoms with E-state index in [1.165, 1.54) is 0 Å². The summed E-state index contributed by atoms with van der Waals surface area (Å²) >= 11 is 0. The maximum Gasteiger partial charge on any atom is 0.218 e. The molecule has 3 rings (SSSR count). The summed E-state index contributed by atoms with van der Waals surface area (Å²) in [4.78, 5) is 22.2. The molecule has 4 heteroatoms. The molecule has 1 aromatic carbocycles. The van der Waals surface area contributed by atoms with Crippen molar-refractivity contribution in [3.8, 4) is 0 Å². The number of unbranched alkanes of at least 4 members (excludes halogenated alkanes) is 1. The van der Waals surface area contributed by atoms with Crippen molar-refractivity contribution in [2.24, 2.45) is 21.3 Å². The van der Waals surface area contributed by atoms with Gasteiger partial charge in [-0.25, -0.2) is 4.99 Å². The highest BCUT2D eigenvalue weighted by Crippen LogP contribution is 2.38. The molecule has 1 heterocycles. The van der Waals surface area contributed by atoms with Crippen LogP contribution in [0.5, 0.6) is 0 Å². The molecule has 1 aliphatic carbocycles. The minimum absolute atomic E-state index is 0.0267. The van der Waals surface area contributed by atoms with Crippen molar-refractivity contribution in [3.63, 3.8) is 0 Å². The Balaban J connectivity index is 1.98. The normalized spacial score (nSPS) is 27.4. The summed E-state index contributed by atoms with van der Waals surface area (Å²) in [6, 6.07) is 10.2. The number of ketones is 1. The Hall–Kier alpha value is -1.97. The zero-order valence-corrected chi connectivity index (χ0v) is 14.9. The Morgan fingerprint density at radius 1 is 1.29 bits per heavy atom. The summed E-state index contributed by atoms with van der Waals surface area (Å²) in [5.74, 6) is 0.818. The van der Waals surface area contributed by atoms with Crippen LogP contribution in [0.4, 0.5) is 0 Å². The molecule has 1 aliphatic heterocycles. The molecule has 2 unspecified atom stereocenters. The Morgan fingerprint density at radius 2 is 2.04 bits per heavy atom. The molecular formula is C20H27N3O. The van der Waals surface area contributed by atoms with Crippen molar-refractivity contribution >= 4 is 17.5 Å². The van der Waals surface area contributed by atoms with Gasteiger partial charge in [-0.1, -0.05) is 57.5 Å². The van der Waals surface area contributed by atoms with E-state index < -0.39 is 0 Å². The van der Waals surface area contributed by atoms with E-state index in [4.69, 9.17) is 4.99 Å². The predicted octanol–water partition coefficient (Wildman–Crippen LogP) is 3.61. The lowest BCUT2D eigenvalue weighted by Gasteiger charge is -2.42. The second kappa shape index (κ2) is 6.88. The first-order chi connectivity index (χ1) is 11.5. The molecule has 24 heavy (non-hydrogen) atoms. The van der Waals surface area contributed by atoms with Gasteiger partial charge < -0.3 is 5.32 Å². The smallest absolute Gasteiger partial charge is 0.218 e. The number of guanidine groups is 1. The first-order valence-electron chi connectivity index (χ1n) is 8.98. The monoisotopic (exact) mass is 325 g/mol. The fourth-order valence-electron chi connectivity index (χ4n) is 3.73. The number of rotatable bonds is 4. The summed E-state index contributed by atoms with van der Waals surface area (Å²) in [6.07, 6.45) is 3.75. The fraction of sp³-hybridized carbons (Fsp3) is 0.550. The van der Waals surface area contributed by atoms with Crippen molar-refractivity contribution in [1.82, 2.24) is 5.32 Å². The third-order valence-corrected chi connectivity index (χ3v) is 4.85. The molecule has 0 bridgehead atoms. The third-order valence-electron chi connectivity index (χ3n) is 4.85. The van der Waals surface area contributed by atoms with E-state index >= 15 is 0 Å². The minimum Gasteiger partial charge on any atom is -0.351 e. The van der Waals surface area contributed by atoms with E-state index in [9.17, 15) is 4.79 Å². The van der Waals surface area contributed by atoms with E-state index in [1.54, 1.807) is 0 Å². The van der Waals surface area contributed by atoms with E-state index in [0.717, 1.165) is 37.1 Å². The molecule has 1 N–H and O–H groups in total. The first-order valence-corrected chi connectivity index (χ1v) is 8.98. The van der Waals surface area contributed by atoms with E-state index in [0.29, 0.717) is 18.2 Å². The second-order valence-electron chi connectivity index (χ2n) is 7.66. The topological polar surface area (TPSA) is 53.8 Å². The maximum absolute atomic E-state index is 12.8. The molecule has 2 aliphatic rings. The lowest BCUT2D eigenvalue weighted by molar-refractivity contribution is -0.126. The summed E-state index contributed by atoms with van der Waals surface area (Å²) in [6.45, 7) is 7.28. The molecule has 4 nitrogen and oxygen atoms in total. The molecule has 0 amide bonds. The Morgan fingerprint density at radius 3 is 2.75 bits per heavy atom. The maximum atomic E-state index is 12.8. The number of carbonyl (C=O) groups is 1. The van der Waals surface area contributed by atoms with Crippen LogP contribution in [0.2, 0.25) is 0 Å². The van der Waals surface area contributed by atoms with Gasteiger partial charge in [0.25, 0.3) is 0 Å². The number of aliphatic imine (C=N–C) groups is 2. The molecule has 0 radical (unpaired) electrons. The molecule has 1 saturated carbocycles. The molecular weight excluding hydrogens is 298 g/mol. The van der Waals surface area contributed by atoms with Crippen molar-refractivity contribution in [2.75, 3.05) is 6.54 Å². The third kappa shape index (κ3) is 3.58. The molecule has 0 aromatic heterocycles. The van der Waals surface area contributed by atoms with Gasteiger partial charge in [0.05, 0.1) is 11.6 Å². The number of nitrogens with one attached hydrogen (secondary N) is 1. The van der Waals surface area contributed by atoms with Crippen LogP contribution in [0.25, 0.3) is 0 Å². The van der Waals surface area contributed by atoms with E-state index in [1.807, 2.05) is 30.3 Å². The fourth-order valence-corrected chi connectivity index (χ4v) is 3.73. The summed E-state index contributed by atoms with van der Waals surface area (Å²) < 4.78 is 0. The van der Waals surface area contributed by atoms with Crippen LogP contribution < -0.4 is 5.32 Å². The number of nitrogens with zero attached hydrogens (tertiary/aromatic N) is 2. The Bertz CT molecular complexity index is 661. The van der Waals surface area contributed by atoms with Gasteiger partial charge in [-0.05, 0) is 23.8 Å².